The first kappa shape index (κ1) is 31.2. The highest BCUT2D eigenvalue weighted by atomic mass is 15.1. The highest BCUT2D eigenvalue weighted by Gasteiger charge is 2.53. The van der Waals surface area contributed by atoms with Crippen LogP contribution in [0.15, 0.2) is 212 Å². The van der Waals surface area contributed by atoms with Crippen LogP contribution in [0.25, 0.3) is 65.7 Å². The average Bonchev–Trinajstić information content (AvgIpc) is 3.74. The number of para-hydroxylation sites is 1. The molecule has 0 atom stereocenters. The van der Waals surface area contributed by atoms with Gasteiger partial charge in [0.2, 0.25) is 0 Å². The Morgan fingerprint density at radius 3 is 1.62 bits per heavy atom. The summed E-state index contributed by atoms with van der Waals surface area (Å²) in [5, 5.41) is 7.65. The average molecular weight is 710 g/mol. The number of hydrogen-bond donors (Lipinski definition) is 0. The Morgan fingerprint density at radius 2 is 0.875 bits per heavy atom. The van der Waals surface area contributed by atoms with Crippen LogP contribution >= 0.6 is 0 Å². The van der Waals surface area contributed by atoms with Crippen LogP contribution in [-0.2, 0) is 5.41 Å². The number of benzene rings is 10. The van der Waals surface area contributed by atoms with E-state index in [2.05, 4.69) is 217 Å². The van der Waals surface area contributed by atoms with Crippen LogP contribution in [0.3, 0.4) is 0 Å². The van der Waals surface area contributed by atoms with E-state index in [1.54, 1.807) is 0 Å². The van der Waals surface area contributed by atoms with Gasteiger partial charge in [0.05, 0.1) is 5.41 Å². The molecule has 1 spiro atoms. The van der Waals surface area contributed by atoms with Crippen LogP contribution in [0.5, 0.6) is 0 Å². The van der Waals surface area contributed by atoms with Crippen molar-refractivity contribution < 1.29 is 0 Å². The molecule has 0 N–H and O–H groups in total. The molecule has 56 heavy (non-hydrogen) atoms. The highest BCUT2D eigenvalue weighted by Crippen LogP contribution is 2.66. The fourth-order valence-electron chi connectivity index (χ4n) is 10.2. The van der Waals surface area contributed by atoms with E-state index in [0.717, 1.165) is 17.1 Å². The highest BCUT2D eigenvalue weighted by molar-refractivity contribution is 6.21. The second-order valence-electron chi connectivity index (χ2n) is 15.2. The molecule has 1 heteroatoms. The first-order valence-electron chi connectivity index (χ1n) is 19.5. The minimum Gasteiger partial charge on any atom is -0.310 e. The molecule has 0 radical (unpaired) electrons. The molecule has 260 valence electrons. The molecule has 0 aromatic heterocycles. The van der Waals surface area contributed by atoms with Gasteiger partial charge in [-0.3, -0.25) is 0 Å². The van der Waals surface area contributed by atoms with Crippen molar-refractivity contribution in [3.05, 3.63) is 235 Å². The molecule has 0 saturated carbocycles. The maximum Gasteiger partial charge on any atom is 0.0731 e. The van der Waals surface area contributed by atoms with Crippen molar-refractivity contribution >= 4 is 49.4 Å². The largest absolute Gasteiger partial charge is 0.310 e. The van der Waals surface area contributed by atoms with Crippen molar-refractivity contribution in [3.63, 3.8) is 0 Å². The lowest BCUT2D eigenvalue weighted by Gasteiger charge is -2.32. The van der Waals surface area contributed by atoms with Gasteiger partial charge in [0.25, 0.3) is 0 Å². The Morgan fingerprint density at radius 1 is 0.304 bits per heavy atom. The summed E-state index contributed by atoms with van der Waals surface area (Å²) in [6.07, 6.45) is 0. The Hall–Kier alpha value is -7.22. The van der Waals surface area contributed by atoms with Crippen molar-refractivity contribution in [1.82, 2.24) is 0 Å². The second kappa shape index (κ2) is 11.9. The molecule has 1 nitrogen and oxygen atoms in total. The topological polar surface area (TPSA) is 3.24 Å². The maximum absolute atomic E-state index is 2.50. The summed E-state index contributed by atoms with van der Waals surface area (Å²) in [5.41, 5.74) is 16.1. The zero-order chi connectivity index (χ0) is 36.8. The molecular weight excluding hydrogens is 675 g/mol. The molecule has 0 heterocycles. The van der Waals surface area contributed by atoms with Crippen molar-refractivity contribution in [2.24, 2.45) is 0 Å². The van der Waals surface area contributed by atoms with E-state index < -0.39 is 5.41 Å². The summed E-state index contributed by atoms with van der Waals surface area (Å²) < 4.78 is 0. The van der Waals surface area contributed by atoms with Crippen LogP contribution in [0, 0.1) is 0 Å². The van der Waals surface area contributed by atoms with Crippen LogP contribution in [-0.4, -0.2) is 0 Å². The van der Waals surface area contributed by atoms with E-state index in [-0.39, 0.29) is 0 Å². The number of hydrogen-bond acceptors (Lipinski definition) is 1. The SMILES string of the molecule is c1ccc(-c2cccc(N(c3ccccc3)c3ccc4c5c(c6ccccc6c4c3)-c3cc4ccccc4cc3C53c4ccccc4-c4ccccc43)c2)cc1. The van der Waals surface area contributed by atoms with Crippen molar-refractivity contribution in [2.75, 3.05) is 4.90 Å². The van der Waals surface area contributed by atoms with Crippen LogP contribution in [0.4, 0.5) is 17.1 Å². The number of fused-ring (bicyclic) bond motifs is 16. The molecule has 12 rings (SSSR count). The van der Waals surface area contributed by atoms with Crippen LogP contribution < -0.4 is 4.90 Å². The molecule has 0 aliphatic heterocycles. The second-order valence-corrected chi connectivity index (χ2v) is 15.2. The van der Waals surface area contributed by atoms with Crippen molar-refractivity contribution in [3.8, 4) is 33.4 Å². The van der Waals surface area contributed by atoms with E-state index in [0.29, 0.717) is 0 Å². The molecule has 0 bridgehead atoms. The summed E-state index contributed by atoms with van der Waals surface area (Å²) >= 11 is 0. The number of nitrogens with zero attached hydrogens (tertiary/aromatic N) is 1. The Kier molecular flexibility index (Phi) is 6.62. The monoisotopic (exact) mass is 709 g/mol. The van der Waals surface area contributed by atoms with Gasteiger partial charge < -0.3 is 4.90 Å². The molecule has 0 fully saturated rings. The summed E-state index contributed by atoms with van der Waals surface area (Å²) in [4.78, 5) is 2.41. The van der Waals surface area contributed by atoms with Gasteiger partial charge in [-0.15, -0.1) is 0 Å². The molecule has 0 unspecified atom stereocenters. The van der Waals surface area contributed by atoms with Gasteiger partial charge in [0, 0.05) is 17.1 Å². The van der Waals surface area contributed by atoms with Crippen LogP contribution in [0.2, 0.25) is 0 Å². The minimum absolute atomic E-state index is 0.477. The maximum atomic E-state index is 2.50. The molecule has 10 aromatic rings. The fourth-order valence-corrected chi connectivity index (χ4v) is 10.2. The summed E-state index contributed by atoms with van der Waals surface area (Å²) in [6, 6.07) is 78.8. The lowest BCUT2D eigenvalue weighted by Crippen LogP contribution is -2.26. The van der Waals surface area contributed by atoms with Gasteiger partial charge in [-0.05, 0) is 136 Å². The van der Waals surface area contributed by atoms with Gasteiger partial charge in [-0.2, -0.15) is 0 Å². The van der Waals surface area contributed by atoms with Crippen molar-refractivity contribution in [2.45, 2.75) is 5.41 Å². The molecule has 2 aliphatic rings. The van der Waals surface area contributed by atoms with Gasteiger partial charge in [-0.1, -0.05) is 164 Å². The van der Waals surface area contributed by atoms with E-state index in [4.69, 9.17) is 0 Å². The standard InChI is InChI=1S/C55H35N/c1-3-16-36(17-4-1)37-20-15-23-41(32-37)56(40-21-5-2-6-22-40)42-30-31-47-48(35-42)43-24-9-10-27-46(43)53-49-33-38-18-7-8-19-39(38)34-52(49)55(54(47)53)50-28-13-11-25-44(50)45-26-12-14-29-51(45)55/h1-35H. The lowest BCUT2D eigenvalue weighted by atomic mass is 9.69. The summed E-state index contributed by atoms with van der Waals surface area (Å²) in [5.74, 6) is 0. The van der Waals surface area contributed by atoms with Gasteiger partial charge in [0.1, 0.15) is 0 Å². The number of anilines is 3. The first-order chi connectivity index (χ1) is 27.8. The normalized spacial score (nSPS) is 13.1. The third kappa shape index (κ3) is 4.26. The van der Waals surface area contributed by atoms with E-state index >= 15 is 0 Å². The van der Waals surface area contributed by atoms with Gasteiger partial charge >= 0.3 is 0 Å². The Balaban J connectivity index is 1.20. The zero-order valence-electron chi connectivity index (χ0n) is 30.7. The smallest absolute Gasteiger partial charge is 0.0731 e. The van der Waals surface area contributed by atoms with E-state index in [1.165, 1.54) is 88.0 Å². The van der Waals surface area contributed by atoms with E-state index in [9.17, 15) is 0 Å². The minimum atomic E-state index is -0.477. The Bertz CT molecular complexity index is 3150. The van der Waals surface area contributed by atoms with E-state index in [1.807, 2.05) is 0 Å². The molecule has 2 aliphatic carbocycles. The predicted molar refractivity (Wildman–Crippen MR) is 235 cm³/mol. The van der Waals surface area contributed by atoms with Gasteiger partial charge in [0.15, 0.2) is 0 Å². The zero-order valence-corrected chi connectivity index (χ0v) is 30.7. The quantitative estimate of drug-likeness (QED) is 0.164. The number of rotatable bonds is 4. The summed E-state index contributed by atoms with van der Waals surface area (Å²) in [7, 11) is 0. The molecule has 0 saturated heterocycles. The first-order valence-corrected chi connectivity index (χ1v) is 19.5. The fraction of sp³-hybridized carbons (Fsp3) is 0.0182. The Labute approximate surface area is 326 Å². The van der Waals surface area contributed by atoms with Crippen molar-refractivity contribution in [1.29, 1.82) is 0 Å². The molecule has 10 aromatic carbocycles. The third-order valence-electron chi connectivity index (χ3n) is 12.4. The molecular formula is C55H35N. The lowest BCUT2D eigenvalue weighted by molar-refractivity contribution is 0.803. The summed E-state index contributed by atoms with van der Waals surface area (Å²) in [6.45, 7) is 0. The van der Waals surface area contributed by atoms with Crippen LogP contribution in [0.1, 0.15) is 22.3 Å². The predicted octanol–water partition coefficient (Wildman–Crippen LogP) is 14.6. The van der Waals surface area contributed by atoms with Gasteiger partial charge in [-0.25, -0.2) is 0 Å². The third-order valence-corrected chi connectivity index (χ3v) is 12.4. The molecule has 0 amide bonds.